The number of piperidine rings is 1. The summed E-state index contributed by atoms with van der Waals surface area (Å²) in [5.74, 6) is 1.28. The van der Waals surface area contributed by atoms with Crippen LogP contribution in [0.15, 0.2) is 0 Å². The SMILES string of the molecule is O=C1C2CCC1CNC2. The van der Waals surface area contributed by atoms with Crippen molar-refractivity contribution in [2.75, 3.05) is 13.1 Å². The van der Waals surface area contributed by atoms with Gasteiger partial charge in [0.1, 0.15) is 5.78 Å². The lowest BCUT2D eigenvalue weighted by molar-refractivity contribution is -0.124. The fraction of sp³-hybridized carbons (Fsp3) is 0.857. The monoisotopic (exact) mass is 125 g/mol. The van der Waals surface area contributed by atoms with Gasteiger partial charge in [-0.05, 0) is 12.8 Å². The standard InChI is InChI=1S/C7H11NO/c9-7-5-1-2-6(7)4-8-3-5/h5-6,8H,1-4H2. The molecule has 0 spiro atoms. The van der Waals surface area contributed by atoms with Gasteiger partial charge >= 0.3 is 0 Å². The molecular weight excluding hydrogens is 114 g/mol. The zero-order valence-corrected chi connectivity index (χ0v) is 5.39. The lowest BCUT2D eigenvalue weighted by atomic mass is 9.99. The third-order valence-electron chi connectivity index (χ3n) is 2.45. The molecule has 1 aliphatic heterocycles. The zero-order valence-electron chi connectivity index (χ0n) is 5.39. The van der Waals surface area contributed by atoms with Gasteiger partial charge in [0.25, 0.3) is 0 Å². The highest BCUT2D eigenvalue weighted by Crippen LogP contribution is 2.29. The number of Topliss-reactive ketones (excluding diaryl/α,β-unsaturated/α-hetero) is 1. The van der Waals surface area contributed by atoms with E-state index in [9.17, 15) is 4.79 Å². The summed E-state index contributed by atoms with van der Waals surface area (Å²) < 4.78 is 0. The molecule has 1 N–H and O–H groups in total. The highest BCUT2D eigenvalue weighted by Gasteiger charge is 2.36. The molecule has 0 aromatic carbocycles. The number of rotatable bonds is 0. The number of hydrogen-bond donors (Lipinski definition) is 1. The summed E-state index contributed by atoms with van der Waals surface area (Å²) in [5, 5.41) is 3.26. The number of fused-ring (bicyclic) bond motifs is 2. The van der Waals surface area contributed by atoms with Crippen LogP contribution in [0.2, 0.25) is 0 Å². The molecule has 50 valence electrons. The van der Waals surface area contributed by atoms with Gasteiger partial charge in [-0.2, -0.15) is 0 Å². The van der Waals surface area contributed by atoms with E-state index in [1.54, 1.807) is 0 Å². The number of carbonyl (C=O) groups excluding carboxylic acids is 1. The summed E-state index contributed by atoms with van der Waals surface area (Å²) in [7, 11) is 0. The molecular formula is C7H11NO. The fourth-order valence-corrected chi connectivity index (χ4v) is 1.86. The maximum absolute atomic E-state index is 11.1. The number of carbonyl (C=O) groups is 1. The Hall–Kier alpha value is -0.370. The van der Waals surface area contributed by atoms with Crippen LogP contribution in [0.25, 0.3) is 0 Å². The van der Waals surface area contributed by atoms with Crippen molar-refractivity contribution in [1.29, 1.82) is 0 Å². The number of ketones is 1. The van der Waals surface area contributed by atoms with Gasteiger partial charge < -0.3 is 5.32 Å². The Morgan fingerprint density at radius 1 is 1.22 bits per heavy atom. The molecule has 1 aliphatic carbocycles. The van der Waals surface area contributed by atoms with E-state index in [1.165, 1.54) is 0 Å². The second-order valence-electron chi connectivity index (χ2n) is 3.03. The highest BCUT2D eigenvalue weighted by atomic mass is 16.1. The van der Waals surface area contributed by atoms with Gasteiger partial charge in [-0.15, -0.1) is 0 Å². The molecule has 9 heavy (non-hydrogen) atoms. The quantitative estimate of drug-likeness (QED) is 0.500. The van der Waals surface area contributed by atoms with Gasteiger partial charge in [0, 0.05) is 24.9 Å². The van der Waals surface area contributed by atoms with Crippen LogP contribution in [-0.2, 0) is 4.79 Å². The van der Waals surface area contributed by atoms with E-state index in [4.69, 9.17) is 0 Å². The molecule has 1 saturated carbocycles. The van der Waals surface area contributed by atoms with Gasteiger partial charge in [0.05, 0.1) is 0 Å². The van der Waals surface area contributed by atoms with Crippen molar-refractivity contribution < 1.29 is 4.79 Å². The topological polar surface area (TPSA) is 29.1 Å². The van der Waals surface area contributed by atoms with Crippen molar-refractivity contribution >= 4 is 5.78 Å². The Morgan fingerprint density at radius 2 is 1.78 bits per heavy atom. The average Bonchev–Trinajstić information content (AvgIpc) is 2.19. The van der Waals surface area contributed by atoms with Crippen molar-refractivity contribution in [2.45, 2.75) is 12.8 Å². The maximum Gasteiger partial charge on any atom is 0.141 e. The van der Waals surface area contributed by atoms with E-state index < -0.39 is 0 Å². The van der Waals surface area contributed by atoms with Crippen molar-refractivity contribution in [1.82, 2.24) is 5.32 Å². The minimum Gasteiger partial charge on any atom is -0.315 e. The molecule has 2 heteroatoms. The van der Waals surface area contributed by atoms with Gasteiger partial charge in [0.2, 0.25) is 0 Å². The first kappa shape index (κ1) is 5.42. The first-order valence-electron chi connectivity index (χ1n) is 3.62. The van der Waals surface area contributed by atoms with Crippen molar-refractivity contribution in [3.8, 4) is 0 Å². The van der Waals surface area contributed by atoms with Crippen molar-refractivity contribution in [3.05, 3.63) is 0 Å². The van der Waals surface area contributed by atoms with Crippen molar-refractivity contribution in [3.63, 3.8) is 0 Å². The van der Waals surface area contributed by atoms with E-state index >= 15 is 0 Å². The lowest BCUT2D eigenvalue weighted by Crippen LogP contribution is -2.38. The predicted octanol–water partition coefficient (Wildman–Crippen LogP) is 0.185. The fourth-order valence-electron chi connectivity index (χ4n) is 1.86. The Morgan fingerprint density at radius 3 is 2.22 bits per heavy atom. The normalized spacial score (nSPS) is 41.6. The van der Waals surface area contributed by atoms with Crippen LogP contribution >= 0.6 is 0 Å². The summed E-state index contributed by atoms with van der Waals surface area (Å²) in [4.78, 5) is 11.1. The Kier molecular flexibility index (Phi) is 1.09. The van der Waals surface area contributed by atoms with E-state index in [0.29, 0.717) is 17.6 Å². The third-order valence-corrected chi connectivity index (χ3v) is 2.45. The minimum atomic E-state index is 0.378. The van der Waals surface area contributed by atoms with E-state index in [1.807, 2.05) is 0 Å². The molecule has 2 unspecified atom stereocenters. The Bertz CT molecular complexity index is 126. The van der Waals surface area contributed by atoms with E-state index in [0.717, 1.165) is 25.9 Å². The highest BCUT2D eigenvalue weighted by molar-refractivity contribution is 5.86. The van der Waals surface area contributed by atoms with Crippen LogP contribution in [0.5, 0.6) is 0 Å². The molecule has 1 saturated heterocycles. The molecule has 2 bridgehead atoms. The molecule has 2 atom stereocenters. The minimum absolute atomic E-state index is 0.378. The molecule has 2 nitrogen and oxygen atoms in total. The van der Waals surface area contributed by atoms with Gasteiger partial charge in [-0.25, -0.2) is 0 Å². The zero-order chi connectivity index (χ0) is 6.27. The maximum atomic E-state index is 11.1. The summed E-state index contributed by atoms with van der Waals surface area (Å²) in [6.45, 7) is 1.88. The van der Waals surface area contributed by atoms with E-state index in [2.05, 4.69) is 5.32 Å². The first-order valence-corrected chi connectivity index (χ1v) is 3.62. The molecule has 1 heterocycles. The molecule has 2 rings (SSSR count). The molecule has 0 aromatic heterocycles. The summed E-state index contributed by atoms with van der Waals surface area (Å²) in [5.41, 5.74) is 0. The summed E-state index contributed by atoms with van der Waals surface area (Å²) in [6, 6.07) is 0. The molecule has 2 fully saturated rings. The van der Waals surface area contributed by atoms with Gasteiger partial charge in [-0.3, -0.25) is 4.79 Å². The van der Waals surface area contributed by atoms with Crippen LogP contribution in [0.3, 0.4) is 0 Å². The molecule has 2 aliphatic rings. The predicted molar refractivity (Wildman–Crippen MR) is 34.1 cm³/mol. The van der Waals surface area contributed by atoms with Crippen LogP contribution in [0.1, 0.15) is 12.8 Å². The smallest absolute Gasteiger partial charge is 0.141 e. The average molecular weight is 125 g/mol. The summed E-state index contributed by atoms with van der Waals surface area (Å²) in [6.07, 6.45) is 2.27. The van der Waals surface area contributed by atoms with Crippen molar-refractivity contribution in [2.24, 2.45) is 11.8 Å². The number of nitrogens with one attached hydrogen (secondary N) is 1. The molecule has 0 aromatic rings. The van der Waals surface area contributed by atoms with Crippen LogP contribution in [0.4, 0.5) is 0 Å². The van der Waals surface area contributed by atoms with Gasteiger partial charge in [0.15, 0.2) is 0 Å². The van der Waals surface area contributed by atoms with Crippen LogP contribution in [0, 0.1) is 11.8 Å². The molecule has 0 amide bonds. The van der Waals surface area contributed by atoms with Gasteiger partial charge in [-0.1, -0.05) is 0 Å². The Labute approximate surface area is 54.6 Å². The second-order valence-corrected chi connectivity index (χ2v) is 3.03. The molecule has 0 radical (unpaired) electrons. The van der Waals surface area contributed by atoms with Crippen LogP contribution in [-0.4, -0.2) is 18.9 Å². The van der Waals surface area contributed by atoms with E-state index in [-0.39, 0.29) is 0 Å². The lowest BCUT2D eigenvalue weighted by Gasteiger charge is -2.17. The largest absolute Gasteiger partial charge is 0.315 e. The third kappa shape index (κ3) is 0.697. The number of hydrogen-bond acceptors (Lipinski definition) is 2. The summed E-state index contributed by atoms with van der Waals surface area (Å²) >= 11 is 0. The Balaban J connectivity index is 2.19. The second kappa shape index (κ2) is 1.81. The van der Waals surface area contributed by atoms with Crippen LogP contribution < -0.4 is 5.32 Å². The first-order chi connectivity index (χ1) is 4.38.